The molecule has 0 bridgehead atoms. The summed E-state index contributed by atoms with van der Waals surface area (Å²) in [6.45, 7) is 10.4. The summed E-state index contributed by atoms with van der Waals surface area (Å²) in [5.74, 6) is 2.13. The minimum Gasteiger partial charge on any atom is -0.491 e. The van der Waals surface area contributed by atoms with Crippen LogP contribution in [0.25, 0.3) is 0 Å². The standard InChI is InChI=1S/C18H30N4O/c1-14(2)23-17-8-6-16(7-9-17)21-18(19)20-10-12-22-11-4-5-15(3)13-22/h6-9,14-15H,4-5,10-13H2,1-3H3,(H3,19,20,21). The number of guanidine groups is 1. The average Bonchev–Trinajstić information content (AvgIpc) is 2.49. The lowest BCUT2D eigenvalue weighted by molar-refractivity contribution is 0.189. The second-order valence-electron chi connectivity index (χ2n) is 6.63. The molecule has 0 spiro atoms. The molecule has 3 N–H and O–H groups in total. The topological polar surface area (TPSA) is 62.9 Å². The van der Waals surface area contributed by atoms with E-state index in [1.165, 1.54) is 25.9 Å². The van der Waals surface area contributed by atoms with Gasteiger partial charge in [0.2, 0.25) is 0 Å². The summed E-state index contributed by atoms with van der Waals surface area (Å²) in [5.41, 5.74) is 6.88. The van der Waals surface area contributed by atoms with Gasteiger partial charge in [-0.1, -0.05) is 6.92 Å². The molecule has 1 fully saturated rings. The number of hydrogen-bond donors (Lipinski definition) is 2. The predicted molar refractivity (Wildman–Crippen MR) is 97.2 cm³/mol. The zero-order valence-electron chi connectivity index (χ0n) is 14.6. The molecule has 1 aromatic rings. The third-order valence-electron chi connectivity index (χ3n) is 3.94. The number of aliphatic imine (C=N–C) groups is 1. The van der Waals surface area contributed by atoms with Crippen molar-refractivity contribution in [2.75, 3.05) is 31.5 Å². The van der Waals surface area contributed by atoms with E-state index in [-0.39, 0.29) is 6.10 Å². The molecule has 1 heterocycles. The van der Waals surface area contributed by atoms with Crippen LogP contribution >= 0.6 is 0 Å². The maximum Gasteiger partial charge on any atom is 0.193 e. The van der Waals surface area contributed by atoms with Crippen molar-refractivity contribution < 1.29 is 4.74 Å². The fourth-order valence-corrected chi connectivity index (χ4v) is 2.88. The number of piperidine rings is 1. The number of nitrogens with one attached hydrogen (secondary N) is 1. The van der Waals surface area contributed by atoms with Crippen LogP contribution < -0.4 is 15.8 Å². The maximum atomic E-state index is 5.96. The lowest BCUT2D eigenvalue weighted by atomic mass is 10.0. The number of rotatable bonds is 6. The third-order valence-corrected chi connectivity index (χ3v) is 3.94. The second kappa shape index (κ2) is 8.77. The first-order valence-electron chi connectivity index (χ1n) is 8.59. The molecule has 1 saturated heterocycles. The van der Waals surface area contributed by atoms with Crippen molar-refractivity contribution in [3.8, 4) is 5.75 Å². The highest BCUT2D eigenvalue weighted by molar-refractivity contribution is 5.92. The van der Waals surface area contributed by atoms with Gasteiger partial charge in [-0.25, -0.2) is 0 Å². The lowest BCUT2D eigenvalue weighted by Crippen LogP contribution is -2.36. The first kappa shape index (κ1) is 17.6. The van der Waals surface area contributed by atoms with Crippen LogP contribution in [0.2, 0.25) is 0 Å². The van der Waals surface area contributed by atoms with E-state index >= 15 is 0 Å². The van der Waals surface area contributed by atoms with Gasteiger partial charge >= 0.3 is 0 Å². The van der Waals surface area contributed by atoms with Gasteiger partial charge in [-0.3, -0.25) is 4.99 Å². The summed E-state index contributed by atoms with van der Waals surface area (Å²) < 4.78 is 5.62. The van der Waals surface area contributed by atoms with Crippen LogP contribution in [0.5, 0.6) is 5.75 Å². The number of nitrogens with two attached hydrogens (primary N) is 1. The summed E-state index contributed by atoms with van der Waals surface area (Å²) in [6.07, 6.45) is 2.82. The molecule has 1 aromatic carbocycles. The second-order valence-corrected chi connectivity index (χ2v) is 6.63. The molecule has 2 rings (SSSR count). The first-order valence-corrected chi connectivity index (χ1v) is 8.59. The van der Waals surface area contributed by atoms with Crippen molar-refractivity contribution in [1.82, 2.24) is 4.90 Å². The molecule has 0 amide bonds. The minimum absolute atomic E-state index is 0.179. The minimum atomic E-state index is 0.179. The van der Waals surface area contributed by atoms with Crippen molar-refractivity contribution in [3.63, 3.8) is 0 Å². The molecule has 1 aliphatic heterocycles. The molecule has 5 nitrogen and oxygen atoms in total. The van der Waals surface area contributed by atoms with E-state index in [2.05, 4.69) is 22.1 Å². The number of hydrogen-bond acceptors (Lipinski definition) is 3. The van der Waals surface area contributed by atoms with Crippen LogP contribution in [-0.4, -0.2) is 43.1 Å². The number of benzene rings is 1. The van der Waals surface area contributed by atoms with Crippen molar-refractivity contribution in [3.05, 3.63) is 24.3 Å². The Bertz CT molecular complexity index is 498. The smallest absolute Gasteiger partial charge is 0.193 e. The molecule has 0 radical (unpaired) electrons. The van der Waals surface area contributed by atoms with E-state index in [0.29, 0.717) is 5.96 Å². The molecule has 23 heavy (non-hydrogen) atoms. The van der Waals surface area contributed by atoms with E-state index in [4.69, 9.17) is 10.5 Å². The van der Waals surface area contributed by atoms with E-state index in [0.717, 1.165) is 30.4 Å². The zero-order valence-corrected chi connectivity index (χ0v) is 14.6. The zero-order chi connectivity index (χ0) is 16.7. The average molecular weight is 318 g/mol. The van der Waals surface area contributed by atoms with E-state index < -0.39 is 0 Å². The van der Waals surface area contributed by atoms with Crippen LogP contribution in [0.3, 0.4) is 0 Å². The van der Waals surface area contributed by atoms with E-state index in [9.17, 15) is 0 Å². The number of nitrogens with zero attached hydrogens (tertiary/aromatic N) is 2. The van der Waals surface area contributed by atoms with Crippen LogP contribution in [0.1, 0.15) is 33.6 Å². The normalized spacial score (nSPS) is 19.8. The summed E-state index contributed by atoms with van der Waals surface area (Å²) in [7, 11) is 0. The molecule has 1 unspecified atom stereocenters. The molecular weight excluding hydrogens is 288 g/mol. The number of ether oxygens (including phenoxy) is 1. The van der Waals surface area contributed by atoms with Gasteiger partial charge in [-0.15, -0.1) is 0 Å². The molecule has 5 heteroatoms. The molecule has 1 atom stereocenters. The van der Waals surface area contributed by atoms with Gasteiger partial charge in [0, 0.05) is 18.8 Å². The van der Waals surface area contributed by atoms with Gasteiger partial charge in [0.25, 0.3) is 0 Å². The molecular formula is C18H30N4O. The van der Waals surface area contributed by atoms with Crippen molar-refractivity contribution >= 4 is 11.6 Å². The number of anilines is 1. The van der Waals surface area contributed by atoms with Gasteiger partial charge in [0.1, 0.15) is 5.75 Å². The Morgan fingerprint density at radius 3 is 2.78 bits per heavy atom. The quantitative estimate of drug-likeness (QED) is 0.625. The summed E-state index contributed by atoms with van der Waals surface area (Å²) in [4.78, 5) is 6.89. The third kappa shape index (κ3) is 6.48. The lowest BCUT2D eigenvalue weighted by Gasteiger charge is -2.30. The Morgan fingerprint density at radius 1 is 1.39 bits per heavy atom. The summed E-state index contributed by atoms with van der Waals surface area (Å²) in [6, 6.07) is 7.77. The molecule has 0 saturated carbocycles. The summed E-state index contributed by atoms with van der Waals surface area (Å²) >= 11 is 0. The van der Waals surface area contributed by atoms with E-state index in [1.54, 1.807) is 0 Å². The van der Waals surface area contributed by atoms with Gasteiger partial charge in [-0.2, -0.15) is 0 Å². The number of likely N-dealkylation sites (tertiary alicyclic amines) is 1. The monoisotopic (exact) mass is 318 g/mol. The Morgan fingerprint density at radius 2 is 2.13 bits per heavy atom. The fourth-order valence-electron chi connectivity index (χ4n) is 2.88. The van der Waals surface area contributed by atoms with Gasteiger partial charge in [-0.05, 0) is 63.4 Å². The molecule has 1 aliphatic rings. The highest BCUT2D eigenvalue weighted by Gasteiger charge is 2.15. The molecule has 0 aliphatic carbocycles. The first-order chi connectivity index (χ1) is 11.0. The van der Waals surface area contributed by atoms with Crippen molar-refractivity contribution in [1.29, 1.82) is 0 Å². The SMILES string of the molecule is CC1CCCN(CCN=C(N)Nc2ccc(OC(C)C)cc2)C1. The molecule has 0 aromatic heterocycles. The summed E-state index contributed by atoms with van der Waals surface area (Å²) in [5, 5.41) is 3.12. The van der Waals surface area contributed by atoms with Crippen molar-refractivity contribution in [2.45, 2.75) is 39.7 Å². The Labute approximate surface area is 139 Å². The largest absolute Gasteiger partial charge is 0.491 e. The Kier molecular flexibility index (Phi) is 6.71. The van der Waals surface area contributed by atoms with Crippen LogP contribution in [0.4, 0.5) is 5.69 Å². The Balaban J connectivity index is 1.75. The van der Waals surface area contributed by atoms with Gasteiger partial charge in [0.05, 0.1) is 12.6 Å². The van der Waals surface area contributed by atoms with Gasteiger partial charge < -0.3 is 20.7 Å². The van der Waals surface area contributed by atoms with Crippen LogP contribution in [0.15, 0.2) is 29.3 Å². The van der Waals surface area contributed by atoms with Crippen LogP contribution in [0, 0.1) is 5.92 Å². The fraction of sp³-hybridized carbons (Fsp3) is 0.611. The van der Waals surface area contributed by atoms with E-state index in [1.807, 2.05) is 38.1 Å². The van der Waals surface area contributed by atoms with Gasteiger partial charge in [0.15, 0.2) is 5.96 Å². The predicted octanol–water partition coefficient (Wildman–Crippen LogP) is 2.93. The van der Waals surface area contributed by atoms with Crippen LogP contribution in [-0.2, 0) is 0 Å². The highest BCUT2D eigenvalue weighted by atomic mass is 16.5. The molecule has 128 valence electrons. The van der Waals surface area contributed by atoms with Crippen molar-refractivity contribution in [2.24, 2.45) is 16.6 Å². The maximum absolute atomic E-state index is 5.96. The Hall–Kier alpha value is -1.75. The highest BCUT2D eigenvalue weighted by Crippen LogP contribution is 2.17.